The van der Waals surface area contributed by atoms with Gasteiger partial charge in [0.15, 0.2) is 0 Å². The third-order valence-corrected chi connectivity index (χ3v) is 3.56. The Hall–Kier alpha value is -3.20. The molecule has 0 atom stereocenters. The summed E-state index contributed by atoms with van der Waals surface area (Å²) in [5.74, 6) is -0.107. The zero-order valence-electron chi connectivity index (χ0n) is 13.4. The molecule has 0 fully saturated rings. The second-order valence-corrected chi connectivity index (χ2v) is 5.54. The van der Waals surface area contributed by atoms with Crippen LogP contribution >= 0.6 is 0 Å². The molecule has 1 aromatic heterocycles. The minimum Gasteiger partial charge on any atom is -0.322 e. The third-order valence-electron chi connectivity index (χ3n) is 3.56. The maximum absolute atomic E-state index is 12.3. The second kappa shape index (κ2) is 7.38. The Morgan fingerprint density at radius 3 is 2.62 bits per heavy atom. The van der Waals surface area contributed by atoms with Gasteiger partial charge in [-0.1, -0.05) is 42.0 Å². The van der Waals surface area contributed by atoms with Gasteiger partial charge in [-0.25, -0.2) is 0 Å². The number of rotatable bonds is 4. The molecule has 1 heterocycles. The molecule has 0 aliphatic heterocycles. The Balaban J connectivity index is 1.73. The average molecular weight is 314 g/mol. The molecule has 0 spiro atoms. The van der Waals surface area contributed by atoms with Crippen molar-refractivity contribution in [3.8, 4) is 0 Å². The monoisotopic (exact) mass is 314 g/mol. The van der Waals surface area contributed by atoms with Gasteiger partial charge >= 0.3 is 0 Å². The molecule has 2 aromatic carbocycles. The van der Waals surface area contributed by atoms with Gasteiger partial charge < -0.3 is 5.32 Å². The lowest BCUT2D eigenvalue weighted by atomic mass is 10.1. The first-order valence-corrected chi connectivity index (χ1v) is 7.78. The molecule has 0 saturated carbocycles. The first-order chi connectivity index (χ1) is 11.7. The quantitative estimate of drug-likeness (QED) is 0.750. The molecule has 0 aliphatic rings. The van der Waals surface area contributed by atoms with E-state index in [9.17, 15) is 4.79 Å². The molecule has 0 radical (unpaired) electrons. The number of anilines is 1. The Morgan fingerprint density at radius 2 is 1.83 bits per heavy atom. The predicted octanol–water partition coefficient (Wildman–Crippen LogP) is 4.81. The number of carbonyl (C=O) groups excluding carboxylic acids is 1. The van der Waals surface area contributed by atoms with E-state index in [4.69, 9.17) is 0 Å². The van der Waals surface area contributed by atoms with Crippen LogP contribution in [-0.2, 0) is 0 Å². The SMILES string of the molecule is Cc1cccc(C(=O)Nc2cccc(/C=C/c3ccccn3)c2)c1. The smallest absolute Gasteiger partial charge is 0.255 e. The van der Waals surface area contributed by atoms with Gasteiger partial charge in [0.2, 0.25) is 0 Å². The Bertz CT molecular complexity index is 870. The zero-order chi connectivity index (χ0) is 16.8. The Morgan fingerprint density at radius 1 is 0.958 bits per heavy atom. The summed E-state index contributed by atoms with van der Waals surface area (Å²) in [7, 11) is 0. The molecule has 24 heavy (non-hydrogen) atoms. The Labute approximate surface area is 141 Å². The average Bonchev–Trinajstić information content (AvgIpc) is 2.61. The Kier molecular flexibility index (Phi) is 4.82. The number of aryl methyl sites for hydroxylation is 1. The fraction of sp³-hybridized carbons (Fsp3) is 0.0476. The molecule has 3 aromatic rings. The summed E-state index contributed by atoms with van der Waals surface area (Å²) in [4.78, 5) is 16.6. The van der Waals surface area contributed by atoms with Crippen molar-refractivity contribution in [2.75, 3.05) is 5.32 Å². The number of carbonyl (C=O) groups is 1. The largest absolute Gasteiger partial charge is 0.322 e. The molecular weight excluding hydrogens is 296 g/mol. The molecule has 3 rings (SSSR count). The highest BCUT2D eigenvalue weighted by Crippen LogP contribution is 2.15. The lowest BCUT2D eigenvalue weighted by Crippen LogP contribution is -2.11. The van der Waals surface area contributed by atoms with E-state index in [1.54, 1.807) is 6.20 Å². The van der Waals surface area contributed by atoms with Crippen molar-refractivity contribution in [1.29, 1.82) is 0 Å². The molecule has 1 amide bonds. The van der Waals surface area contributed by atoms with Crippen LogP contribution in [0.4, 0.5) is 5.69 Å². The molecular formula is C21H18N2O. The minimum absolute atomic E-state index is 0.107. The number of benzene rings is 2. The molecule has 0 aliphatic carbocycles. The van der Waals surface area contributed by atoms with Crippen LogP contribution in [0, 0.1) is 6.92 Å². The van der Waals surface area contributed by atoms with Gasteiger partial charge in [-0.3, -0.25) is 9.78 Å². The van der Waals surface area contributed by atoms with Gasteiger partial charge in [0, 0.05) is 17.4 Å². The van der Waals surface area contributed by atoms with Gasteiger partial charge in [-0.15, -0.1) is 0 Å². The fourth-order valence-electron chi connectivity index (χ4n) is 2.37. The van der Waals surface area contributed by atoms with Crippen LogP contribution in [0.15, 0.2) is 72.9 Å². The van der Waals surface area contributed by atoms with E-state index < -0.39 is 0 Å². The van der Waals surface area contributed by atoms with E-state index in [1.807, 2.05) is 85.8 Å². The number of amides is 1. The predicted molar refractivity (Wildman–Crippen MR) is 98.7 cm³/mol. The van der Waals surface area contributed by atoms with Gasteiger partial charge in [-0.05, 0) is 55.0 Å². The highest BCUT2D eigenvalue weighted by atomic mass is 16.1. The topological polar surface area (TPSA) is 42.0 Å². The minimum atomic E-state index is -0.107. The lowest BCUT2D eigenvalue weighted by Gasteiger charge is -2.06. The van der Waals surface area contributed by atoms with Crippen LogP contribution in [0.1, 0.15) is 27.2 Å². The number of pyridine rings is 1. The van der Waals surface area contributed by atoms with Crippen LogP contribution in [-0.4, -0.2) is 10.9 Å². The van der Waals surface area contributed by atoms with Crippen LogP contribution in [0.3, 0.4) is 0 Å². The van der Waals surface area contributed by atoms with E-state index in [2.05, 4.69) is 10.3 Å². The molecule has 118 valence electrons. The summed E-state index contributed by atoms with van der Waals surface area (Å²) >= 11 is 0. The van der Waals surface area contributed by atoms with Crippen molar-refractivity contribution in [3.05, 3.63) is 95.3 Å². The van der Waals surface area contributed by atoms with Crippen LogP contribution in [0.2, 0.25) is 0 Å². The standard InChI is InChI=1S/C21H18N2O/c1-16-6-4-8-18(14-16)21(24)23-20-10-5-7-17(15-20)11-12-19-9-2-3-13-22-19/h2-15H,1H3,(H,23,24)/b12-11+. The first-order valence-electron chi connectivity index (χ1n) is 7.78. The molecule has 0 bridgehead atoms. The van der Waals surface area contributed by atoms with Crippen molar-refractivity contribution >= 4 is 23.7 Å². The van der Waals surface area contributed by atoms with E-state index >= 15 is 0 Å². The van der Waals surface area contributed by atoms with Crippen LogP contribution in [0.25, 0.3) is 12.2 Å². The number of aromatic nitrogens is 1. The maximum Gasteiger partial charge on any atom is 0.255 e. The molecule has 3 heteroatoms. The van der Waals surface area contributed by atoms with E-state index in [1.165, 1.54) is 0 Å². The highest BCUT2D eigenvalue weighted by Gasteiger charge is 2.06. The van der Waals surface area contributed by atoms with E-state index in [-0.39, 0.29) is 5.91 Å². The van der Waals surface area contributed by atoms with Crippen molar-refractivity contribution < 1.29 is 4.79 Å². The second-order valence-electron chi connectivity index (χ2n) is 5.54. The summed E-state index contributed by atoms with van der Waals surface area (Å²) in [5.41, 5.74) is 4.39. The first kappa shape index (κ1) is 15.7. The van der Waals surface area contributed by atoms with Crippen molar-refractivity contribution in [3.63, 3.8) is 0 Å². The summed E-state index contributed by atoms with van der Waals surface area (Å²) in [5, 5.41) is 2.94. The summed E-state index contributed by atoms with van der Waals surface area (Å²) < 4.78 is 0. The maximum atomic E-state index is 12.3. The van der Waals surface area contributed by atoms with Crippen molar-refractivity contribution in [1.82, 2.24) is 4.98 Å². The number of hydrogen-bond donors (Lipinski definition) is 1. The normalized spacial score (nSPS) is 10.7. The fourth-order valence-corrected chi connectivity index (χ4v) is 2.37. The molecule has 3 nitrogen and oxygen atoms in total. The molecule has 1 N–H and O–H groups in total. The summed E-state index contributed by atoms with van der Waals surface area (Å²) in [6.45, 7) is 1.97. The molecule has 0 unspecified atom stereocenters. The summed E-state index contributed by atoms with van der Waals surface area (Å²) in [6.07, 6.45) is 5.68. The van der Waals surface area contributed by atoms with E-state index in [0.29, 0.717) is 5.56 Å². The number of nitrogens with one attached hydrogen (secondary N) is 1. The zero-order valence-corrected chi connectivity index (χ0v) is 13.4. The lowest BCUT2D eigenvalue weighted by molar-refractivity contribution is 0.102. The highest BCUT2D eigenvalue weighted by molar-refractivity contribution is 6.04. The van der Waals surface area contributed by atoms with Crippen LogP contribution < -0.4 is 5.32 Å². The van der Waals surface area contributed by atoms with E-state index in [0.717, 1.165) is 22.5 Å². The van der Waals surface area contributed by atoms with Gasteiger partial charge in [0.05, 0.1) is 5.69 Å². The third kappa shape index (κ3) is 4.17. The summed E-state index contributed by atoms with van der Waals surface area (Å²) in [6, 6.07) is 21.1. The molecule has 0 saturated heterocycles. The van der Waals surface area contributed by atoms with Crippen molar-refractivity contribution in [2.24, 2.45) is 0 Å². The van der Waals surface area contributed by atoms with Gasteiger partial charge in [0.25, 0.3) is 5.91 Å². The van der Waals surface area contributed by atoms with Crippen LogP contribution in [0.5, 0.6) is 0 Å². The number of nitrogens with zero attached hydrogens (tertiary/aromatic N) is 1. The number of hydrogen-bond acceptors (Lipinski definition) is 2. The van der Waals surface area contributed by atoms with Gasteiger partial charge in [-0.2, -0.15) is 0 Å². The van der Waals surface area contributed by atoms with Gasteiger partial charge in [0.1, 0.15) is 0 Å². The van der Waals surface area contributed by atoms with Crippen molar-refractivity contribution in [2.45, 2.75) is 6.92 Å².